The van der Waals surface area contributed by atoms with Gasteiger partial charge in [-0.25, -0.2) is 9.36 Å². The number of aliphatic hydroxyl groups excluding tert-OH is 1. The zero-order chi connectivity index (χ0) is 24.2. The number of aliphatic hydroxyl groups is 1. The molecule has 33 heavy (non-hydrogen) atoms. The van der Waals surface area contributed by atoms with Gasteiger partial charge in [-0.1, -0.05) is 43.3 Å². The van der Waals surface area contributed by atoms with Gasteiger partial charge in [0.05, 0.1) is 11.2 Å². The van der Waals surface area contributed by atoms with Crippen LogP contribution in [0.2, 0.25) is 0 Å². The summed E-state index contributed by atoms with van der Waals surface area (Å²) in [7, 11) is 1.40. The minimum absolute atomic E-state index is 0.247. The second-order valence-electron chi connectivity index (χ2n) is 9.47. The Balaban J connectivity index is 1.87. The SMILES string of the molecule is CC[C@H](Cc1ccc2c(c1)cc(C(O)OC)n2C(=O)OC(C)(C)C)N[C@H](C)c1ccccc1. The number of hydrogen-bond donors (Lipinski definition) is 2. The third kappa shape index (κ3) is 6.22. The average Bonchev–Trinajstić information content (AvgIpc) is 3.16. The Morgan fingerprint density at radius 2 is 1.82 bits per heavy atom. The summed E-state index contributed by atoms with van der Waals surface area (Å²) >= 11 is 0. The Labute approximate surface area is 196 Å². The van der Waals surface area contributed by atoms with E-state index in [1.807, 2.05) is 39.0 Å². The van der Waals surface area contributed by atoms with Gasteiger partial charge in [0, 0.05) is 24.6 Å². The molecule has 6 nitrogen and oxygen atoms in total. The van der Waals surface area contributed by atoms with Crippen LogP contribution in [0.25, 0.3) is 10.9 Å². The average molecular weight is 453 g/mol. The van der Waals surface area contributed by atoms with Crippen LogP contribution in [-0.4, -0.2) is 34.5 Å². The molecule has 0 aliphatic rings. The molecule has 1 heterocycles. The number of nitrogens with one attached hydrogen (secondary N) is 1. The van der Waals surface area contributed by atoms with Gasteiger partial charge in [0.1, 0.15) is 5.60 Å². The summed E-state index contributed by atoms with van der Waals surface area (Å²) in [6, 6.07) is 18.8. The Kier molecular flexibility index (Phi) is 7.95. The summed E-state index contributed by atoms with van der Waals surface area (Å²) in [5.41, 5.74) is 2.79. The van der Waals surface area contributed by atoms with Crippen LogP contribution in [0.15, 0.2) is 54.6 Å². The number of hydrogen-bond acceptors (Lipinski definition) is 5. The van der Waals surface area contributed by atoms with Crippen molar-refractivity contribution in [3.05, 3.63) is 71.4 Å². The van der Waals surface area contributed by atoms with Crippen LogP contribution in [-0.2, 0) is 15.9 Å². The number of fused-ring (bicyclic) bond motifs is 1. The number of carbonyl (C=O) groups excluding carboxylic acids is 1. The van der Waals surface area contributed by atoms with Crippen LogP contribution in [0.3, 0.4) is 0 Å². The zero-order valence-electron chi connectivity index (χ0n) is 20.5. The molecule has 0 saturated heterocycles. The zero-order valence-corrected chi connectivity index (χ0v) is 20.5. The van der Waals surface area contributed by atoms with E-state index in [2.05, 4.69) is 49.5 Å². The standard InChI is InChI=1S/C27H36N2O4/c1-7-22(28-18(2)20-11-9-8-10-12-20)16-19-13-14-23-21(15-19)17-24(25(30)32-6)29(23)26(31)33-27(3,4)5/h8-15,17-18,22,25,28,30H,7,16H2,1-6H3/t18-,22-,25?/m1/s1. The van der Waals surface area contributed by atoms with Gasteiger partial charge >= 0.3 is 6.09 Å². The van der Waals surface area contributed by atoms with E-state index in [0.29, 0.717) is 17.3 Å². The van der Waals surface area contributed by atoms with Crippen molar-refractivity contribution in [2.45, 2.75) is 71.4 Å². The molecule has 2 aromatic carbocycles. The predicted octanol–water partition coefficient (Wildman–Crippen LogP) is 5.73. The third-order valence-corrected chi connectivity index (χ3v) is 5.71. The Morgan fingerprint density at radius 1 is 1.12 bits per heavy atom. The normalized spacial score (nSPS) is 14.8. The second kappa shape index (κ2) is 10.5. The van der Waals surface area contributed by atoms with E-state index in [-0.39, 0.29) is 6.04 Å². The lowest BCUT2D eigenvalue weighted by atomic mass is 10.00. The van der Waals surface area contributed by atoms with Crippen LogP contribution in [0.5, 0.6) is 0 Å². The summed E-state index contributed by atoms with van der Waals surface area (Å²) in [6.07, 6.45) is 0.0665. The van der Waals surface area contributed by atoms with Crippen molar-refractivity contribution < 1.29 is 19.4 Å². The lowest BCUT2D eigenvalue weighted by Gasteiger charge is -2.23. The van der Waals surface area contributed by atoms with Gasteiger partial charge in [0.2, 0.25) is 0 Å². The molecule has 0 amide bonds. The van der Waals surface area contributed by atoms with Crippen molar-refractivity contribution in [3.63, 3.8) is 0 Å². The first-order chi connectivity index (χ1) is 15.6. The van der Waals surface area contributed by atoms with E-state index in [9.17, 15) is 9.90 Å². The van der Waals surface area contributed by atoms with Crippen LogP contribution in [0.1, 0.15) is 70.2 Å². The molecule has 1 unspecified atom stereocenters. The molecule has 2 N–H and O–H groups in total. The van der Waals surface area contributed by atoms with Crippen LogP contribution >= 0.6 is 0 Å². The minimum atomic E-state index is -1.23. The van der Waals surface area contributed by atoms with Gasteiger partial charge in [-0.2, -0.15) is 0 Å². The molecule has 6 heteroatoms. The molecule has 0 aliphatic heterocycles. The summed E-state index contributed by atoms with van der Waals surface area (Å²) in [6.45, 7) is 9.81. The molecule has 0 radical (unpaired) electrons. The van der Waals surface area contributed by atoms with Gasteiger partial charge in [0.15, 0.2) is 6.29 Å². The van der Waals surface area contributed by atoms with Crippen LogP contribution < -0.4 is 5.32 Å². The number of benzene rings is 2. The van der Waals surface area contributed by atoms with Crippen molar-refractivity contribution in [1.29, 1.82) is 0 Å². The maximum Gasteiger partial charge on any atom is 0.419 e. The first kappa shape index (κ1) is 25.0. The van der Waals surface area contributed by atoms with Crippen molar-refractivity contribution >= 4 is 17.0 Å². The highest BCUT2D eigenvalue weighted by molar-refractivity contribution is 5.91. The number of aromatic nitrogens is 1. The third-order valence-electron chi connectivity index (χ3n) is 5.71. The van der Waals surface area contributed by atoms with Crippen molar-refractivity contribution in [3.8, 4) is 0 Å². The van der Waals surface area contributed by atoms with E-state index in [4.69, 9.17) is 9.47 Å². The molecule has 0 bridgehead atoms. The fourth-order valence-corrected chi connectivity index (χ4v) is 4.02. The highest BCUT2D eigenvalue weighted by Gasteiger charge is 2.25. The Bertz CT molecular complexity index is 1070. The molecule has 0 spiro atoms. The highest BCUT2D eigenvalue weighted by atomic mass is 16.6. The fraction of sp³-hybridized carbons (Fsp3) is 0.444. The largest absolute Gasteiger partial charge is 0.443 e. The number of methoxy groups -OCH3 is 1. The van der Waals surface area contributed by atoms with E-state index in [0.717, 1.165) is 23.8 Å². The van der Waals surface area contributed by atoms with Gasteiger partial charge in [-0.15, -0.1) is 0 Å². The number of carbonyl (C=O) groups is 1. The lowest BCUT2D eigenvalue weighted by Crippen LogP contribution is -2.32. The number of rotatable bonds is 8. The molecule has 3 atom stereocenters. The summed E-state index contributed by atoms with van der Waals surface area (Å²) in [5.74, 6) is 0. The molecule has 0 aliphatic carbocycles. The van der Waals surface area contributed by atoms with Crippen LogP contribution in [0.4, 0.5) is 4.79 Å². The topological polar surface area (TPSA) is 72.7 Å². The molecule has 0 fully saturated rings. The molecule has 0 saturated carbocycles. The van der Waals surface area contributed by atoms with Crippen molar-refractivity contribution in [2.75, 3.05) is 7.11 Å². The van der Waals surface area contributed by atoms with Gasteiger partial charge in [0.25, 0.3) is 0 Å². The first-order valence-electron chi connectivity index (χ1n) is 11.5. The van der Waals surface area contributed by atoms with Crippen LogP contribution in [0, 0.1) is 0 Å². The highest BCUT2D eigenvalue weighted by Crippen LogP contribution is 2.28. The smallest absolute Gasteiger partial charge is 0.419 e. The quantitative estimate of drug-likeness (QED) is 0.427. The molecular formula is C27H36N2O4. The predicted molar refractivity (Wildman–Crippen MR) is 131 cm³/mol. The van der Waals surface area contributed by atoms with E-state index in [1.165, 1.54) is 17.2 Å². The number of ether oxygens (including phenoxy) is 2. The first-order valence-corrected chi connectivity index (χ1v) is 11.5. The van der Waals surface area contributed by atoms with E-state index >= 15 is 0 Å². The molecule has 3 aromatic rings. The maximum absolute atomic E-state index is 12.9. The fourth-order valence-electron chi connectivity index (χ4n) is 4.02. The summed E-state index contributed by atoms with van der Waals surface area (Å²) < 4.78 is 12.1. The molecule has 178 valence electrons. The summed E-state index contributed by atoms with van der Waals surface area (Å²) in [4.78, 5) is 12.9. The molecule has 1 aromatic heterocycles. The molecular weight excluding hydrogens is 416 g/mol. The van der Waals surface area contributed by atoms with Crippen molar-refractivity contribution in [1.82, 2.24) is 9.88 Å². The Morgan fingerprint density at radius 3 is 2.42 bits per heavy atom. The lowest BCUT2D eigenvalue weighted by molar-refractivity contribution is -0.0816. The maximum atomic E-state index is 12.9. The van der Waals surface area contributed by atoms with E-state index < -0.39 is 18.0 Å². The van der Waals surface area contributed by atoms with Gasteiger partial charge < -0.3 is 19.9 Å². The Hall–Kier alpha value is -2.67. The van der Waals surface area contributed by atoms with Gasteiger partial charge in [-0.05, 0) is 69.9 Å². The van der Waals surface area contributed by atoms with Gasteiger partial charge in [-0.3, -0.25) is 0 Å². The second-order valence-corrected chi connectivity index (χ2v) is 9.47. The molecule has 3 rings (SSSR count). The van der Waals surface area contributed by atoms with E-state index in [1.54, 1.807) is 6.07 Å². The minimum Gasteiger partial charge on any atom is -0.443 e. The summed E-state index contributed by atoms with van der Waals surface area (Å²) in [5, 5.41) is 14.9. The van der Waals surface area contributed by atoms with Crippen molar-refractivity contribution in [2.24, 2.45) is 0 Å². The number of nitrogens with zero attached hydrogens (tertiary/aromatic N) is 1. The monoisotopic (exact) mass is 452 g/mol.